The van der Waals surface area contributed by atoms with Gasteiger partial charge in [0, 0.05) is 22.7 Å². The first kappa shape index (κ1) is 19.7. The normalized spacial score (nSPS) is 29.1. The average molecular weight is 493 g/mol. The van der Waals surface area contributed by atoms with Crippen LogP contribution >= 0.6 is 34.4 Å². The highest BCUT2D eigenvalue weighted by molar-refractivity contribution is 14.1. The van der Waals surface area contributed by atoms with E-state index in [1.165, 1.54) is 47.3 Å². The van der Waals surface area contributed by atoms with Crippen molar-refractivity contribution in [2.45, 2.75) is 60.6 Å². The van der Waals surface area contributed by atoms with Gasteiger partial charge < -0.3 is 9.64 Å². The van der Waals surface area contributed by atoms with E-state index in [4.69, 9.17) is 4.74 Å². The molecule has 2 bridgehead atoms. The Bertz CT molecular complexity index is 721. The van der Waals surface area contributed by atoms with Crippen LogP contribution in [0.1, 0.15) is 48.5 Å². The van der Waals surface area contributed by atoms with Crippen molar-refractivity contribution in [3.8, 4) is 0 Å². The predicted molar refractivity (Wildman–Crippen MR) is 123 cm³/mol. The number of rotatable bonds is 2. The van der Waals surface area contributed by atoms with Crippen LogP contribution in [0.5, 0.6) is 0 Å². The second kappa shape index (κ2) is 8.85. The molecule has 2 fully saturated rings. The Morgan fingerprint density at radius 2 is 1.56 bits per heavy atom. The molecule has 4 heteroatoms. The van der Waals surface area contributed by atoms with Crippen molar-refractivity contribution in [1.29, 1.82) is 0 Å². The van der Waals surface area contributed by atoms with Gasteiger partial charge in [-0.2, -0.15) is 0 Å². The minimum atomic E-state index is 0.0789. The summed E-state index contributed by atoms with van der Waals surface area (Å²) in [6.07, 6.45) is 5.50. The number of hydrogen-bond acceptors (Lipinski definition) is 3. The van der Waals surface area contributed by atoms with E-state index in [1.807, 2.05) is 16.7 Å². The maximum Gasteiger partial charge on any atom is 0.109 e. The van der Waals surface area contributed by atoms with Crippen LogP contribution in [0.15, 0.2) is 53.4 Å². The second-order valence-electron chi connectivity index (χ2n) is 7.69. The molecule has 5 rings (SSSR count). The van der Waals surface area contributed by atoms with Gasteiger partial charge in [-0.15, -0.1) is 11.8 Å². The average Bonchev–Trinajstić information content (AvgIpc) is 2.90. The molecular formula is C23H28INOS. The quantitative estimate of drug-likeness (QED) is 0.372. The molecule has 0 aliphatic carbocycles. The van der Waals surface area contributed by atoms with E-state index in [0.29, 0.717) is 6.10 Å². The topological polar surface area (TPSA) is 12.5 Å². The highest BCUT2D eigenvalue weighted by Gasteiger charge is 2.40. The van der Waals surface area contributed by atoms with Crippen LogP contribution in [0.2, 0.25) is 0 Å². The summed E-state index contributed by atoms with van der Waals surface area (Å²) in [6.45, 7) is 0. The monoisotopic (exact) mass is 493 g/mol. The molecule has 0 saturated carbocycles. The molecule has 2 unspecified atom stereocenters. The lowest BCUT2D eigenvalue weighted by molar-refractivity contribution is -0.0435. The van der Waals surface area contributed by atoms with Crippen molar-refractivity contribution in [2.75, 3.05) is 12.0 Å². The third kappa shape index (κ3) is 3.96. The van der Waals surface area contributed by atoms with Crippen LogP contribution in [0.3, 0.4) is 0 Å². The van der Waals surface area contributed by atoms with Crippen LogP contribution in [-0.4, -0.2) is 35.1 Å². The molecule has 3 aliphatic rings. The first-order chi connectivity index (χ1) is 13.3. The third-order valence-electron chi connectivity index (χ3n) is 6.31. The van der Waals surface area contributed by atoms with E-state index in [0.717, 1.165) is 17.8 Å². The largest absolute Gasteiger partial charge is 0.365 e. The highest BCUT2D eigenvalue weighted by atomic mass is 127. The number of piperidine rings is 1. The first-order valence-corrected chi connectivity index (χ1v) is 13.0. The number of benzene rings is 2. The molecule has 0 radical (unpaired) electrons. The van der Waals surface area contributed by atoms with Crippen LogP contribution in [0, 0.1) is 0 Å². The van der Waals surface area contributed by atoms with Crippen molar-refractivity contribution in [3.63, 3.8) is 0 Å². The molecular weight excluding hydrogens is 465 g/mol. The number of alkyl halides is 1. The summed E-state index contributed by atoms with van der Waals surface area (Å²) in [7, 11) is 2.30. The Hall–Kier alpha value is -0.560. The summed E-state index contributed by atoms with van der Waals surface area (Å²) in [4.78, 5) is 5.93. The van der Waals surface area contributed by atoms with Crippen molar-refractivity contribution in [3.05, 3.63) is 65.2 Å². The SMILES string of the molecule is CI.CN1[C@@H]2CC[C@H]1CC(OC1c3ccccc3CSc3ccccc31)C2. The van der Waals surface area contributed by atoms with Gasteiger partial charge in [0.2, 0.25) is 0 Å². The molecule has 2 aromatic carbocycles. The maximum absolute atomic E-state index is 6.85. The molecule has 3 aliphatic heterocycles. The van der Waals surface area contributed by atoms with Gasteiger partial charge in [0.25, 0.3) is 0 Å². The molecule has 2 aromatic rings. The molecule has 2 saturated heterocycles. The smallest absolute Gasteiger partial charge is 0.109 e. The fourth-order valence-corrected chi connectivity index (χ4v) is 5.98. The number of halogens is 1. The predicted octanol–water partition coefficient (Wildman–Crippen LogP) is 6.07. The van der Waals surface area contributed by atoms with Gasteiger partial charge in [-0.25, -0.2) is 0 Å². The molecule has 3 heterocycles. The zero-order chi connectivity index (χ0) is 18.8. The molecule has 27 heavy (non-hydrogen) atoms. The standard InChI is InChI=1S/C22H25NOS.CH3I/c1-23-16-10-11-17(23)13-18(12-16)24-22-19-7-3-2-6-15(19)14-25-21-9-5-4-8-20(21)22;1-2/h2-9,16-18,22H,10-14H2,1H3;1H3/t16-,17+,18?,22?;. The van der Waals surface area contributed by atoms with E-state index in [9.17, 15) is 0 Å². The second-order valence-corrected chi connectivity index (χ2v) is 8.70. The summed E-state index contributed by atoms with van der Waals surface area (Å²) in [5.41, 5.74) is 4.14. The lowest BCUT2D eigenvalue weighted by atomic mass is 9.95. The Morgan fingerprint density at radius 3 is 2.30 bits per heavy atom. The molecule has 0 amide bonds. The van der Waals surface area contributed by atoms with Crippen molar-refractivity contribution in [2.24, 2.45) is 0 Å². The molecule has 144 valence electrons. The zero-order valence-corrected chi connectivity index (χ0v) is 19.1. The van der Waals surface area contributed by atoms with Crippen LogP contribution < -0.4 is 0 Å². The molecule has 0 N–H and O–H groups in total. The third-order valence-corrected chi connectivity index (χ3v) is 7.44. The van der Waals surface area contributed by atoms with Gasteiger partial charge in [-0.3, -0.25) is 0 Å². The molecule has 0 spiro atoms. The van der Waals surface area contributed by atoms with Gasteiger partial charge in [0.05, 0.1) is 6.10 Å². The van der Waals surface area contributed by atoms with Crippen LogP contribution in [0.4, 0.5) is 0 Å². The minimum Gasteiger partial charge on any atom is -0.365 e. The van der Waals surface area contributed by atoms with Gasteiger partial charge in [-0.05, 0) is 60.4 Å². The Balaban J connectivity index is 0.000000872. The number of ether oxygens (including phenoxy) is 1. The van der Waals surface area contributed by atoms with E-state index < -0.39 is 0 Å². The summed E-state index contributed by atoms with van der Waals surface area (Å²) in [5, 5.41) is 0. The number of nitrogens with zero attached hydrogens (tertiary/aromatic N) is 1. The lowest BCUT2D eigenvalue weighted by Crippen LogP contribution is -2.43. The van der Waals surface area contributed by atoms with Crippen LogP contribution in [0.25, 0.3) is 0 Å². The van der Waals surface area contributed by atoms with Gasteiger partial charge in [0.1, 0.15) is 6.10 Å². The summed E-state index contributed by atoms with van der Waals surface area (Å²) in [5.74, 6) is 1.03. The van der Waals surface area contributed by atoms with Crippen molar-refractivity contribution >= 4 is 34.4 Å². The Morgan fingerprint density at radius 1 is 0.926 bits per heavy atom. The van der Waals surface area contributed by atoms with E-state index in [-0.39, 0.29) is 6.10 Å². The van der Waals surface area contributed by atoms with Crippen molar-refractivity contribution < 1.29 is 4.74 Å². The zero-order valence-electron chi connectivity index (χ0n) is 16.1. The Labute approximate surface area is 181 Å². The van der Waals surface area contributed by atoms with Gasteiger partial charge in [-0.1, -0.05) is 65.1 Å². The fraction of sp³-hybridized carbons (Fsp3) is 0.478. The van der Waals surface area contributed by atoms with E-state index in [2.05, 4.69) is 83.1 Å². The lowest BCUT2D eigenvalue weighted by Gasteiger charge is -2.38. The number of fused-ring (bicyclic) bond motifs is 4. The minimum absolute atomic E-state index is 0.0789. The molecule has 4 atom stereocenters. The number of thioether (sulfide) groups is 1. The first-order valence-electron chi connectivity index (χ1n) is 9.84. The highest BCUT2D eigenvalue weighted by Crippen LogP contribution is 2.44. The molecule has 0 aromatic heterocycles. The fourth-order valence-electron chi connectivity index (χ4n) is 4.88. The van der Waals surface area contributed by atoms with Crippen LogP contribution in [-0.2, 0) is 10.5 Å². The Kier molecular flexibility index (Phi) is 6.47. The summed E-state index contributed by atoms with van der Waals surface area (Å²) >= 11 is 4.09. The van der Waals surface area contributed by atoms with Gasteiger partial charge >= 0.3 is 0 Å². The van der Waals surface area contributed by atoms with Crippen molar-refractivity contribution in [1.82, 2.24) is 4.90 Å². The maximum atomic E-state index is 6.85. The van der Waals surface area contributed by atoms with E-state index in [1.54, 1.807) is 0 Å². The summed E-state index contributed by atoms with van der Waals surface area (Å²) < 4.78 is 6.85. The van der Waals surface area contributed by atoms with E-state index >= 15 is 0 Å². The number of hydrogen-bond donors (Lipinski definition) is 0. The molecule has 2 nitrogen and oxygen atoms in total. The van der Waals surface area contributed by atoms with Gasteiger partial charge in [0.15, 0.2) is 0 Å². The summed E-state index contributed by atoms with van der Waals surface area (Å²) in [6, 6.07) is 19.1.